The van der Waals surface area contributed by atoms with Crippen molar-refractivity contribution in [3.63, 3.8) is 0 Å². The lowest BCUT2D eigenvalue weighted by atomic mass is 10.0. The smallest absolute Gasteiger partial charge is 0.251 e. The molecule has 4 aromatic rings. The van der Waals surface area contributed by atoms with Crippen LogP contribution < -0.4 is 5.32 Å². The van der Waals surface area contributed by atoms with E-state index < -0.39 is 0 Å². The highest BCUT2D eigenvalue weighted by Crippen LogP contribution is 2.20. The number of fused-ring (bicyclic) bond motifs is 1. The van der Waals surface area contributed by atoms with Crippen molar-refractivity contribution in [3.8, 4) is 0 Å². The third kappa shape index (κ3) is 4.39. The first-order chi connectivity index (χ1) is 14.5. The van der Waals surface area contributed by atoms with Gasteiger partial charge in [-0.2, -0.15) is 5.10 Å². The molecule has 0 saturated carbocycles. The Labute approximate surface area is 181 Å². The fourth-order valence-corrected chi connectivity index (χ4v) is 3.76. The monoisotopic (exact) mass is 417 g/mol. The number of aromatic nitrogens is 2. The van der Waals surface area contributed by atoms with Gasteiger partial charge in [0.05, 0.1) is 24.3 Å². The van der Waals surface area contributed by atoms with Gasteiger partial charge in [-0.05, 0) is 54.3 Å². The summed E-state index contributed by atoms with van der Waals surface area (Å²) in [6, 6.07) is 21.7. The van der Waals surface area contributed by atoms with Gasteiger partial charge in [0.2, 0.25) is 0 Å². The van der Waals surface area contributed by atoms with Crippen LogP contribution in [0.25, 0.3) is 10.9 Å². The minimum absolute atomic E-state index is 0.0736. The highest BCUT2D eigenvalue weighted by Gasteiger charge is 2.13. The van der Waals surface area contributed by atoms with Crippen LogP contribution in [0.2, 0.25) is 5.02 Å². The zero-order chi connectivity index (χ0) is 21.1. The number of nitrogens with zero attached hydrogens (tertiary/aromatic N) is 2. The third-order valence-corrected chi connectivity index (χ3v) is 5.60. The molecule has 0 aliphatic heterocycles. The molecule has 1 N–H and O–H groups in total. The minimum Gasteiger partial charge on any atom is -0.346 e. The van der Waals surface area contributed by atoms with Gasteiger partial charge < -0.3 is 5.32 Å². The summed E-state index contributed by atoms with van der Waals surface area (Å²) in [5.41, 5.74) is 4.98. The fourth-order valence-electron chi connectivity index (χ4n) is 3.55. The molecule has 0 aliphatic rings. The highest BCUT2D eigenvalue weighted by molar-refractivity contribution is 6.30. The number of nitrogens with one attached hydrogen (secondary N) is 1. The number of amides is 1. The van der Waals surface area contributed by atoms with E-state index in [4.69, 9.17) is 11.6 Å². The molecule has 0 fully saturated rings. The molecule has 3 aromatic carbocycles. The maximum atomic E-state index is 12.9. The van der Waals surface area contributed by atoms with Gasteiger partial charge in [-0.1, -0.05) is 61.0 Å². The first-order valence-electron chi connectivity index (χ1n) is 10.1. The summed E-state index contributed by atoms with van der Waals surface area (Å²) in [5.74, 6) is -0.0977. The molecule has 152 valence electrons. The van der Waals surface area contributed by atoms with Gasteiger partial charge in [0, 0.05) is 16.0 Å². The molecule has 0 aliphatic carbocycles. The van der Waals surface area contributed by atoms with Crippen molar-refractivity contribution in [1.82, 2.24) is 15.1 Å². The SMILES string of the molecule is CCc1ccc([C@@H](C)NC(=O)c2ccc3cnn(Cc4cccc(Cl)c4)c3c2)cc1. The normalized spacial score (nSPS) is 12.1. The van der Waals surface area contributed by atoms with Crippen molar-refractivity contribution in [1.29, 1.82) is 0 Å². The van der Waals surface area contributed by atoms with Crippen LogP contribution in [0.1, 0.15) is 46.9 Å². The Balaban J connectivity index is 1.54. The maximum absolute atomic E-state index is 12.9. The number of hydrogen-bond donors (Lipinski definition) is 1. The lowest BCUT2D eigenvalue weighted by Gasteiger charge is -2.15. The Morgan fingerprint density at radius 3 is 2.60 bits per heavy atom. The van der Waals surface area contributed by atoms with Crippen molar-refractivity contribution < 1.29 is 4.79 Å². The number of halogens is 1. The van der Waals surface area contributed by atoms with E-state index in [2.05, 4.69) is 41.6 Å². The summed E-state index contributed by atoms with van der Waals surface area (Å²) >= 11 is 6.10. The number of carbonyl (C=O) groups is 1. The Hall–Kier alpha value is -3.11. The summed E-state index contributed by atoms with van der Waals surface area (Å²) in [6.45, 7) is 4.73. The zero-order valence-corrected chi connectivity index (χ0v) is 17.9. The second-order valence-electron chi connectivity index (χ2n) is 7.50. The predicted molar refractivity (Wildman–Crippen MR) is 122 cm³/mol. The summed E-state index contributed by atoms with van der Waals surface area (Å²) in [5, 5.41) is 9.28. The fraction of sp³-hybridized carbons (Fsp3) is 0.200. The van der Waals surface area contributed by atoms with Crippen LogP contribution in [0.5, 0.6) is 0 Å². The molecule has 1 atom stereocenters. The van der Waals surface area contributed by atoms with Crippen molar-refractivity contribution in [2.75, 3.05) is 0 Å². The van der Waals surface area contributed by atoms with Crippen LogP contribution in [-0.2, 0) is 13.0 Å². The van der Waals surface area contributed by atoms with Gasteiger partial charge in [0.25, 0.3) is 5.91 Å². The molecular formula is C25H24ClN3O. The quantitative estimate of drug-likeness (QED) is 0.431. The van der Waals surface area contributed by atoms with E-state index in [-0.39, 0.29) is 11.9 Å². The predicted octanol–water partition coefficient (Wildman–Crippen LogP) is 5.79. The lowest BCUT2D eigenvalue weighted by molar-refractivity contribution is 0.0940. The first kappa shape index (κ1) is 20.2. The summed E-state index contributed by atoms with van der Waals surface area (Å²) in [4.78, 5) is 12.9. The molecule has 1 amide bonds. The average Bonchev–Trinajstić information content (AvgIpc) is 3.15. The average molecular weight is 418 g/mol. The zero-order valence-electron chi connectivity index (χ0n) is 17.1. The second kappa shape index (κ2) is 8.72. The van der Waals surface area contributed by atoms with Gasteiger partial charge in [-0.25, -0.2) is 0 Å². The van der Waals surface area contributed by atoms with Crippen LogP contribution in [0, 0.1) is 0 Å². The van der Waals surface area contributed by atoms with Gasteiger partial charge >= 0.3 is 0 Å². The minimum atomic E-state index is -0.0977. The van der Waals surface area contributed by atoms with Gasteiger partial charge in [0.1, 0.15) is 0 Å². The molecule has 1 heterocycles. The molecule has 0 radical (unpaired) electrons. The van der Waals surface area contributed by atoms with E-state index in [1.807, 2.05) is 60.3 Å². The Bertz CT molecular complexity index is 1180. The van der Waals surface area contributed by atoms with Crippen molar-refractivity contribution in [3.05, 3.63) is 100 Å². The van der Waals surface area contributed by atoms with E-state index >= 15 is 0 Å². The summed E-state index contributed by atoms with van der Waals surface area (Å²) < 4.78 is 1.89. The molecule has 30 heavy (non-hydrogen) atoms. The van der Waals surface area contributed by atoms with Crippen LogP contribution in [0.4, 0.5) is 0 Å². The van der Waals surface area contributed by atoms with Crippen LogP contribution in [0.3, 0.4) is 0 Å². The van der Waals surface area contributed by atoms with Crippen LogP contribution in [-0.4, -0.2) is 15.7 Å². The number of aryl methyl sites for hydroxylation is 1. The van der Waals surface area contributed by atoms with Crippen molar-refractivity contribution in [2.45, 2.75) is 32.9 Å². The second-order valence-corrected chi connectivity index (χ2v) is 7.93. The molecule has 1 aromatic heterocycles. The summed E-state index contributed by atoms with van der Waals surface area (Å²) in [6.07, 6.45) is 2.82. The molecule has 4 rings (SSSR count). The molecule has 4 nitrogen and oxygen atoms in total. The molecule has 5 heteroatoms. The van der Waals surface area contributed by atoms with Crippen LogP contribution in [0.15, 0.2) is 72.9 Å². The van der Waals surface area contributed by atoms with E-state index in [1.54, 1.807) is 0 Å². The third-order valence-electron chi connectivity index (χ3n) is 5.36. The largest absolute Gasteiger partial charge is 0.346 e. The van der Waals surface area contributed by atoms with E-state index in [0.29, 0.717) is 17.1 Å². The van der Waals surface area contributed by atoms with Gasteiger partial charge in [-0.15, -0.1) is 0 Å². The van der Waals surface area contributed by atoms with Crippen molar-refractivity contribution in [2.24, 2.45) is 0 Å². The van der Waals surface area contributed by atoms with Gasteiger partial charge in [0.15, 0.2) is 0 Å². The van der Waals surface area contributed by atoms with Crippen molar-refractivity contribution >= 4 is 28.4 Å². The van der Waals surface area contributed by atoms with E-state index in [0.717, 1.165) is 28.5 Å². The topological polar surface area (TPSA) is 46.9 Å². The standard InChI is InChI=1S/C25H24ClN3O/c1-3-18-7-9-20(10-8-18)17(2)28-25(30)21-11-12-22-15-27-29(24(22)14-21)16-19-5-4-6-23(26)13-19/h4-15,17H,3,16H2,1-2H3,(H,28,30)/t17-/m1/s1. The highest BCUT2D eigenvalue weighted by atomic mass is 35.5. The molecular weight excluding hydrogens is 394 g/mol. The Kier molecular flexibility index (Phi) is 5.86. The molecule has 0 bridgehead atoms. The number of carbonyl (C=O) groups excluding carboxylic acids is 1. The van der Waals surface area contributed by atoms with Crippen LogP contribution >= 0.6 is 11.6 Å². The number of hydrogen-bond acceptors (Lipinski definition) is 2. The Morgan fingerprint density at radius 2 is 1.87 bits per heavy atom. The number of rotatable bonds is 6. The summed E-state index contributed by atoms with van der Waals surface area (Å²) in [7, 11) is 0. The van der Waals surface area contributed by atoms with E-state index in [1.165, 1.54) is 5.56 Å². The van der Waals surface area contributed by atoms with E-state index in [9.17, 15) is 4.79 Å². The first-order valence-corrected chi connectivity index (χ1v) is 10.5. The maximum Gasteiger partial charge on any atom is 0.251 e. The molecule has 0 spiro atoms. The van der Waals surface area contributed by atoms with Gasteiger partial charge in [-0.3, -0.25) is 9.48 Å². The Morgan fingerprint density at radius 1 is 1.07 bits per heavy atom. The number of benzene rings is 3. The molecule has 0 saturated heterocycles. The molecule has 0 unspecified atom stereocenters. The lowest BCUT2D eigenvalue weighted by Crippen LogP contribution is -2.26.